The minimum Gasteiger partial charge on any atom is -0.352 e. The molecule has 28 heavy (non-hydrogen) atoms. The number of benzene rings is 2. The Labute approximate surface area is 161 Å². The molecule has 1 aliphatic heterocycles. The number of carbonyl (C=O) groups excluding carboxylic acids is 1. The highest BCUT2D eigenvalue weighted by Gasteiger charge is 2.33. The Hall–Kier alpha value is -3.10. The van der Waals surface area contributed by atoms with Crippen molar-refractivity contribution in [1.29, 1.82) is 0 Å². The van der Waals surface area contributed by atoms with Gasteiger partial charge in [0.2, 0.25) is 17.6 Å². The molecule has 8 heteroatoms. The van der Waals surface area contributed by atoms with Crippen LogP contribution in [0, 0.1) is 18.7 Å². The summed E-state index contributed by atoms with van der Waals surface area (Å²) in [6.45, 7) is 2.62. The van der Waals surface area contributed by atoms with E-state index >= 15 is 0 Å². The first-order chi connectivity index (χ1) is 13.6. The summed E-state index contributed by atoms with van der Waals surface area (Å²) in [7, 11) is 0. The maximum Gasteiger partial charge on any atom is 0.226 e. The highest BCUT2D eigenvalue weighted by molar-refractivity contribution is 5.80. The monoisotopic (exact) mass is 381 g/mol. The van der Waals surface area contributed by atoms with E-state index in [1.807, 2.05) is 30.3 Å². The number of aromatic nitrogens is 2. The number of carbonyl (C=O) groups is 1. The number of aryl methyl sites for hydroxylation is 1. The van der Waals surface area contributed by atoms with Crippen molar-refractivity contribution in [2.24, 2.45) is 5.92 Å². The molecule has 1 fully saturated rings. The normalized spacial score (nSPS) is 18.9. The van der Waals surface area contributed by atoms with Crippen LogP contribution < -0.4 is 16.2 Å². The average Bonchev–Trinajstić information content (AvgIpc) is 3.36. The summed E-state index contributed by atoms with van der Waals surface area (Å²) in [4.78, 5) is 16.9. The maximum absolute atomic E-state index is 13.5. The van der Waals surface area contributed by atoms with Crippen LogP contribution in [0.3, 0.4) is 0 Å². The van der Waals surface area contributed by atoms with E-state index in [4.69, 9.17) is 4.52 Å². The van der Waals surface area contributed by atoms with Crippen LogP contribution in [-0.4, -0.2) is 22.6 Å². The van der Waals surface area contributed by atoms with Crippen LogP contribution in [0.15, 0.2) is 53.1 Å². The molecule has 1 aromatic heterocycles. The molecule has 2 aromatic carbocycles. The van der Waals surface area contributed by atoms with E-state index in [9.17, 15) is 9.18 Å². The fourth-order valence-electron chi connectivity index (χ4n) is 3.27. The number of amides is 1. The van der Waals surface area contributed by atoms with Crippen LogP contribution in [0.5, 0.6) is 0 Å². The lowest BCUT2D eigenvalue weighted by Gasteiger charge is -2.18. The lowest BCUT2D eigenvalue weighted by Crippen LogP contribution is -2.34. The molecule has 1 aliphatic rings. The van der Waals surface area contributed by atoms with Gasteiger partial charge in [0.1, 0.15) is 5.82 Å². The molecule has 2 atom stereocenters. The summed E-state index contributed by atoms with van der Waals surface area (Å²) >= 11 is 0. The van der Waals surface area contributed by atoms with E-state index in [0.29, 0.717) is 24.8 Å². The molecule has 0 bridgehead atoms. The smallest absolute Gasteiger partial charge is 0.226 e. The Morgan fingerprint density at radius 1 is 1.29 bits per heavy atom. The van der Waals surface area contributed by atoms with Crippen LogP contribution in [0.1, 0.15) is 23.1 Å². The molecule has 0 spiro atoms. The molecule has 7 nitrogen and oxygen atoms in total. The van der Waals surface area contributed by atoms with Crippen molar-refractivity contribution in [3.63, 3.8) is 0 Å². The Morgan fingerprint density at radius 2 is 2.11 bits per heavy atom. The zero-order valence-corrected chi connectivity index (χ0v) is 15.3. The fraction of sp³-hybridized carbons (Fsp3) is 0.250. The molecular formula is C20H20FN5O2. The van der Waals surface area contributed by atoms with Crippen LogP contribution >= 0.6 is 0 Å². The van der Waals surface area contributed by atoms with Gasteiger partial charge in [-0.3, -0.25) is 10.2 Å². The first kappa shape index (κ1) is 18.3. The highest BCUT2D eigenvalue weighted by Crippen LogP contribution is 2.25. The van der Waals surface area contributed by atoms with Crippen molar-refractivity contribution >= 4 is 5.91 Å². The first-order valence-electron chi connectivity index (χ1n) is 9.01. The second-order valence-electron chi connectivity index (χ2n) is 6.72. The van der Waals surface area contributed by atoms with Crippen LogP contribution in [0.4, 0.5) is 4.39 Å². The number of hydrazine groups is 1. The van der Waals surface area contributed by atoms with E-state index in [-0.39, 0.29) is 23.7 Å². The molecule has 2 unspecified atom stereocenters. The minimum absolute atomic E-state index is 0.0929. The Bertz CT molecular complexity index is 973. The molecule has 3 N–H and O–H groups in total. The molecule has 3 aromatic rings. The van der Waals surface area contributed by atoms with Crippen molar-refractivity contribution in [3.05, 3.63) is 71.4 Å². The molecule has 4 rings (SSSR count). The number of nitrogens with zero attached hydrogens (tertiary/aromatic N) is 2. The number of nitrogens with one attached hydrogen (secondary N) is 3. The van der Waals surface area contributed by atoms with Gasteiger partial charge in [0, 0.05) is 25.6 Å². The van der Waals surface area contributed by atoms with Crippen molar-refractivity contribution in [2.45, 2.75) is 19.5 Å². The topological polar surface area (TPSA) is 92.1 Å². The second-order valence-corrected chi connectivity index (χ2v) is 6.72. The average molecular weight is 381 g/mol. The highest BCUT2D eigenvalue weighted by atomic mass is 19.1. The van der Waals surface area contributed by atoms with E-state index in [1.54, 1.807) is 13.0 Å². The summed E-state index contributed by atoms with van der Waals surface area (Å²) in [5.74, 6) is 0.308. The predicted octanol–water partition coefficient (Wildman–Crippen LogP) is 2.27. The standard InChI is InChI=1S/C20H20FN5O2/c1-12-24-19(26-28-12)14-7-5-13(6-8-14)10-22-20(27)17-11-23-25-18(17)15-3-2-4-16(21)9-15/h2-9,17-18,23,25H,10-11H2,1H3,(H,22,27). The third-order valence-corrected chi connectivity index (χ3v) is 4.73. The molecule has 144 valence electrons. The first-order valence-corrected chi connectivity index (χ1v) is 9.01. The Balaban J connectivity index is 1.38. The van der Waals surface area contributed by atoms with Gasteiger partial charge in [-0.1, -0.05) is 41.6 Å². The Kier molecular flexibility index (Phi) is 5.14. The van der Waals surface area contributed by atoms with E-state index in [0.717, 1.165) is 16.7 Å². The SMILES string of the molecule is Cc1nc(-c2ccc(CNC(=O)C3CNNC3c3cccc(F)c3)cc2)no1. The van der Waals surface area contributed by atoms with Gasteiger partial charge in [-0.15, -0.1) is 0 Å². The molecule has 1 amide bonds. The van der Waals surface area contributed by atoms with Gasteiger partial charge in [0.25, 0.3) is 0 Å². The van der Waals surface area contributed by atoms with Gasteiger partial charge in [-0.2, -0.15) is 4.98 Å². The van der Waals surface area contributed by atoms with Gasteiger partial charge in [-0.05, 0) is 23.3 Å². The van der Waals surface area contributed by atoms with Crippen molar-refractivity contribution < 1.29 is 13.7 Å². The number of hydrogen-bond donors (Lipinski definition) is 3. The minimum atomic E-state index is -0.330. The zero-order valence-electron chi connectivity index (χ0n) is 15.3. The van der Waals surface area contributed by atoms with Crippen LogP contribution in [-0.2, 0) is 11.3 Å². The fourth-order valence-corrected chi connectivity index (χ4v) is 3.27. The van der Waals surface area contributed by atoms with Crippen LogP contribution in [0.25, 0.3) is 11.4 Å². The third-order valence-electron chi connectivity index (χ3n) is 4.73. The quantitative estimate of drug-likeness (QED) is 0.628. The number of halogens is 1. The predicted molar refractivity (Wildman–Crippen MR) is 100 cm³/mol. The molecule has 0 radical (unpaired) electrons. The van der Waals surface area contributed by atoms with Crippen LogP contribution in [0.2, 0.25) is 0 Å². The summed E-state index contributed by atoms with van der Waals surface area (Å²) in [6.07, 6.45) is 0. The van der Waals surface area contributed by atoms with E-state index in [1.165, 1.54) is 12.1 Å². The summed E-state index contributed by atoms with van der Waals surface area (Å²) in [5, 5.41) is 6.85. The maximum atomic E-state index is 13.5. The second kappa shape index (κ2) is 7.87. The van der Waals surface area contributed by atoms with Crippen molar-refractivity contribution in [1.82, 2.24) is 26.3 Å². The number of rotatable bonds is 5. The summed E-state index contributed by atoms with van der Waals surface area (Å²) in [6, 6.07) is 13.6. The van der Waals surface area contributed by atoms with Gasteiger partial charge < -0.3 is 9.84 Å². The Morgan fingerprint density at radius 3 is 2.82 bits per heavy atom. The zero-order chi connectivity index (χ0) is 19.5. The van der Waals surface area contributed by atoms with Gasteiger partial charge in [0.15, 0.2) is 0 Å². The summed E-state index contributed by atoms with van der Waals surface area (Å²) in [5.41, 5.74) is 8.59. The number of hydrogen-bond acceptors (Lipinski definition) is 6. The molecular weight excluding hydrogens is 361 g/mol. The van der Waals surface area contributed by atoms with Gasteiger partial charge in [-0.25, -0.2) is 9.82 Å². The van der Waals surface area contributed by atoms with E-state index in [2.05, 4.69) is 26.3 Å². The largest absolute Gasteiger partial charge is 0.352 e. The third kappa shape index (κ3) is 3.92. The summed E-state index contributed by atoms with van der Waals surface area (Å²) < 4.78 is 18.5. The lowest BCUT2D eigenvalue weighted by atomic mass is 9.94. The molecule has 0 saturated carbocycles. The van der Waals surface area contributed by atoms with Crippen molar-refractivity contribution in [3.8, 4) is 11.4 Å². The molecule has 2 heterocycles. The molecule has 0 aliphatic carbocycles. The molecule has 1 saturated heterocycles. The van der Waals surface area contributed by atoms with E-state index < -0.39 is 0 Å². The van der Waals surface area contributed by atoms with Gasteiger partial charge in [0.05, 0.1) is 12.0 Å². The van der Waals surface area contributed by atoms with Crippen molar-refractivity contribution in [2.75, 3.05) is 6.54 Å². The van der Waals surface area contributed by atoms with Gasteiger partial charge >= 0.3 is 0 Å². The lowest BCUT2D eigenvalue weighted by molar-refractivity contribution is -0.125.